The van der Waals surface area contributed by atoms with E-state index in [1.165, 1.54) is 16.2 Å². The minimum Gasteiger partial charge on any atom is -0.378 e. The number of likely N-dealkylation sites (tertiary alicyclic amines) is 1. The van der Waals surface area contributed by atoms with Crippen LogP contribution in [0.4, 0.5) is 5.00 Å². The van der Waals surface area contributed by atoms with Crippen molar-refractivity contribution in [3.63, 3.8) is 0 Å². The molecule has 0 radical (unpaired) electrons. The van der Waals surface area contributed by atoms with Crippen LogP contribution in [0.3, 0.4) is 0 Å². The lowest BCUT2D eigenvalue weighted by Crippen LogP contribution is -2.35. The molecule has 2 fully saturated rings. The summed E-state index contributed by atoms with van der Waals surface area (Å²) in [6.45, 7) is 3.75. The Labute approximate surface area is 179 Å². The molecule has 7 nitrogen and oxygen atoms in total. The Kier molecular flexibility index (Phi) is 6.44. The number of carbonyl (C=O) groups is 3. The van der Waals surface area contributed by atoms with Gasteiger partial charge in [0.1, 0.15) is 0 Å². The number of anilines is 1. The van der Waals surface area contributed by atoms with E-state index in [4.69, 9.17) is 4.74 Å². The number of ether oxygens (including phenoxy) is 1. The van der Waals surface area contributed by atoms with E-state index in [2.05, 4.69) is 22.3 Å². The maximum Gasteiger partial charge on any atom is 0.261 e. The number of rotatable bonds is 7. The molecule has 4 rings (SSSR count). The summed E-state index contributed by atoms with van der Waals surface area (Å²) in [5.74, 6) is -0.366. The number of benzene rings is 1. The number of imide groups is 1. The summed E-state index contributed by atoms with van der Waals surface area (Å²) >= 11 is 1.49. The fraction of sp³-hybridized carbons (Fsp3) is 0.409. The van der Waals surface area contributed by atoms with Crippen LogP contribution < -0.4 is 10.2 Å². The molecule has 2 saturated heterocycles. The zero-order valence-corrected chi connectivity index (χ0v) is 17.6. The number of hydrogen-bond donors (Lipinski definition) is 1. The van der Waals surface area contributed by atoms with Gasteiger partial charge in [-0.2, -0.15) is 0 Å². The molecule has 1 aromatic heterocycles. The highest BCUT2D eigenvalue weighted by atomic mass is 32.1. The van der Waals surface area contributed by atoms with Gasteiger partial charge in [-0.15, -0.1) is 11.3 Å². The van der Waals surface area contributed by atoms with Crippen LogP contribution in [-0.2, 0) is 14.3 Å². The molecule has 0 unspecified atom stereocenters. The Bertz CT molecular complexity index is 906. The standard InChI is InChI=1S/C22H25N3O4S/c26-19-7-8-20(27)25(19)10-4-9-23-21(28)18-15-17(16-5-2-1-3-6-16)22(30-18)24-11-13-29-14-12-24/h1-3,5-6,15H,4,7-14H2,(H,23,28). The number of carbonyl (C=O) groups excluding carboxylic acids is 3. The van der Waals surface area contributed by atoms with Crippen LogP contribution in [0.2, 0.25) is 0 Å². The van der Waals surface area contributed by atoms with Gasteiger partial charge in [0.15, 0.2) is 0 Å². The highest BCUT2D eigenvalue weighted by molar-refractivity contribution is 7.18. The van der Waals surface area contributed by atoms with Crippen molar-refractivity contribution >= 4 is 34.1 Å². The molecule has 30 heavy (non-hydrogen) atoms. The van der Waals surface area contributed by atoms with Gasteiger partial charge >= 0.3 is 0 Å². The summed E-state index contributed by atoms with van der Waals surface area (Å²) in [7, 11) is 0. The van der Waals surface area contributed by atoms with Crippen LogP contribution in [0.15, 0.2) is 36.4 Å². The average Bonchev–Trinajstić information content (AvgIpc) is 3.37. The molecule has 0 atom stereocenters. The van der Waals surface area contributed by atoms with E-state index in [0.717, 1.165) is 29.2 Å². The van der Waals surface area contributed by atoms with E-state index < -0.39 is 0 Å². The maximum atomic E-state index is 12.8. The van der Waals surface area contributed by atoms with Gasteiger partial charge in [0.25, 0.3) is 5.91 Å². The molecule has 2 aromatic rings. The van der Waals surface area contributed by atoms with Gasteiger partial charge in [0.05, 0.1) is 23.1 Å². The van der Waals surface area contributed by atoms with E-state index in [1.54, 1.807) is 0 Å². The van der Waals surface area contributed by atoms with Crippen molar-refractivity contribution in [1.82, 2.24) is 10.2 Å². The molecule has 0 saturated carbocycles. The molecule has 0 aliphatic carbocycles. The Morgan fingerprint density at radius 3 is 2.47 bits per heavy atom. The molecular formula is C22H25N3O4S. The van der Waals surface area contributed by atoms with Crippen molar-refractivity contribution in [2.45, 2.75) is 19.3 Å². The smallest absolute Gasteiger partial charge is 0.261 e. The number of amides is 3. The summed E-state index contributed by atoms with van der Waals surface area (Å²) in [6.07, 6.45) is 1.15. The number of morpholine rings is 1. The van der Waals surface area contributed by atoms with E-state index in [0.29, 0.717) is 50.4 Å². The quantitative estimate of drug-likeness (QED) is 0.543. The molecule has 2 aliphatic heterocycles. The van der Waals surface area contributed by atoms with Crippen molar-refractivity contribution in [2.75, 3.05) is 44.3 Å². The summed E-state index contributed by atoms with van der Waals surface area (Å²) in [6, 6.07) is 12.0. The molecule has 158 valence electrons. The lowest BCUT2D eigenvalue weighted by atomic mass is 10.1. The van der Waals surface area contributed by atoms with E-state index in [-0.39, 0.29) is 17.7 Å². The Balaban J connectivity index is 1.42. The zero-order chi connectivity index (χ0) is 20.9. The van der Waals surface area contributed by atoms with Crippen LogP contribution in [0, 0.1) is 0 Å². The second-order valence-corrected chi connectivity index (χ2v) is 8.37. The summed E-state index contributed by atoms with van der Waals surface area (Å²) in [5.41, 5.74) is 2.14. The Morgan fingerprint density at radius 1 is 1.07 bits per heavy atom. The minimum atomic E-state index is -0.129. The minimum absolute atomic E-state index is 0.118. The van der Waals surface area contributed by atoms with Crippen LogP contribution in [0.1, 0.15) is 28.9 Å². The molecule has 8 heteroatoms. The van der Waals surface area contributed by atoms with Crippen molar-refractivity contribution in [3.8, 4) is 11.1 Å². The first-order valence-electron chi connectivity index (χ1n) is 10.3. The van der Waals surface area contributed by atoms with Gasteiger partial charge in [-0.05, 0) is 18.1 Å². The molecule has 3 heterocycles. The monoisotopic (exact) mass is 427 g/mol. The molecule has 1 N–H and O–H groups in total. The lowest BCUT2D eigenvalue weighted by molar-refractivity contribution is -0.138. The fourth-order valence-corrected chi connectivity index (χ4v) is 4.87. The number of nitrogens with zero attached hydrogens (tertiary/aromatic N) is 2. The highest BCUT2D eigenvalue weighted by Crippen LogP contribution is 2.39. The molecule has 2 aliphatic rings. The van der Waals surface area contributed by atoms with Gasteiger partial charge in [-0.1, -0.05) is 30.3 Å². The second-order valence-electron chi connectivity index (χ2n) is 7.34. The van der Waals surface area contributed by atoms with Gasteiger partial charge in [-0.25, -0.2) is 0 Å². The van der Waals surface area contributed by atoms with Gasteiger partial charge in [0, 0.05) is 44.6 Å². The first-order chi connectivity index (χ1) is 14.6. The largest absolute Gasteiger partial charge is 0.378 e. The van der Waals surface area contributed by atoms with Crippen LogP contribution in [0.5, 0.6) is 0 Å². The van der Waals surface area contributed by atoms with Crippen molar-refractivity contribution in [2.24, 2.45) is 0 Å². The summed E-state index contributed by atoms with van der Waals surface area (Å²) in [5, 5.41) is 4.01. The third-order valence-corrected chi connectivity index (χ3v) is 6.51. The number of thiophene rings is 1. The summed E-state index contributed by atoms with van der Waals surface area (Å²) < 4.78 is 5.48. The molecule has 1 aromatic carbocycles. The van der Waals surface area contributed by atoms with Crippen molar-refractivity contribution in [1.29, 1.82) is 0 Å². The second kappa shape index (κ2) is 9.40. The predicted octanol–water partition coefficient (Wildman–Crippen LogP) is 2.52. The van der Waals surface area contributed by atoms with Crippen LogP contribution in [-0.4, -0.2) is 62.0 Å². The molecular weight excluding hydrogens is 402 g/mol. The Hall–Kier alpha value is -2.71. The predicted molar refractivity (Wildman–Crippen MR) is 116 cm³/mol. The molecule has 0 spiro atoms. The first kappa shape index (κ1) is 20.6. The average molecular weight is 428 g/mol. The SMILES string of the molecule is O=C(NCCCN1C(=O)CCC1=O)c1cc(-c2ccccc2)c(N2CCOCC2)s1. The normalized spacial score (nSPS) is 16.9. The third-order valence-electron chi connectivity index (χ3n) is 5.32. The molecule has 3 amide bonds. The maximum absolute atomic E-state index is 12.8. The molecule has 0 bridgehead atoms. The van der Waals surface area contributed by atoms with E-state index in [1.807, 2.05) is 24.3 Å². The van der Waals surface area contributed by atoms with E-state index in [9.17, 15) is 14.4 Å². The van der Waals surface area contributed by atoms with Gasteiger partial charge in [0.2, 0.25) is 11.8 Å². The van der Waals surface area contributed by atoms with Crippen LogP contribution in [0.25, 0.3) is 11.1 Å². The van der Waals surface area contributed by atoms with E-state index >= 15 is 0 Å². The van der Waals surface area contributed by atoms with Gasteiger partial charge < -0.3 is 15.0 Å². The highest BCUT2D eigenvalue weighted by Gasteiger charge is 2.28. The van der Waals surface area contributed by atoms with Gasteiger partial charge in [-0.3, -0.25) is 19.3 Å². The zero-order valence-electron chi connectivity index (χ0n) is 16.8. The van der Waals surface area contributed by atoms with Crippen molar-refractivity contribution in [3.05, 3.63) is 41.3 Å². The number of hydrogen-bond acceptors (Lipinski definition) is 6. The third kappa shape index (κ3) is 4.55. The topological polar surface area (TPSA) is 79.0 Å². The summed E-state index contributed by atoms with van der Waals surface area (Å²) in [4.78, 5) is 40.3. The van der Waals surface area contributed by atoms with Crippen molar-refractivity contribution < 1.29 is 19.1 Å². The number of nitrogens with one attached hydrogen (secondary N) is 1. The first-order valence-corrected chi connectivity index (χ1v) is 11.1. The Morgan fingerprint density at radius 2 is 1.77 bits per heavy atom. The fourth-order valence-electron chi connectivity index (χ4n) is 3.72. The van der Waals surface area contributed by atoms with Crippen LogP contribution >= 0.6 is 11.3 Å². The lowest BCUT2D eigenvalue weighted by Gasteiger charge is -2.28.